The lowest BCUT2D eigenvalue weighted by Gasteiger charge is -2.12. The van der Waals surface area contributed by atoms with Crippen molar-refractivity contribution < 1.29 is 4.79 Å². The van der Waals surface area contributed by atoms with Gasteiger partial charge in [-0.1, -0.05) is 0 Å². The quantitative estimate of drug-likeness (QED) is 0.912. The summed E-state index contributed by atoms with van der Waals surface area (Å²) in [6.07, 6.45) is 6.08. The van der Waals surface area contributed by atoms with Gasteiger partial charge in [-0.3, -0.25) is 4.79 Å². The van der Waals surface area contributed by atoms with Crippen molar-refractivity contribution in [3.63, 3.8) is 0 Å². The van der Waals surface area contributed by atoms with Crippen molar-refractivity contribution in [2.24, 2.45) is 5.92 Å². The van der Waals surface area contributed by atoms with Crippen molar-refractivity contribution in [2.75, 3.05) is 0 Å². The molecule has 2 aromatic rings. The van der Waals surface area contributed by atoms with Gasteiger partial charge in [0, 0.05) is 24.0 Å². The van der Waals surface area contributed by atoms with Gasteiger partial charge < -0.3 is 5.32 Å². The third kappa shape index (κ3) is 2.67. The number of hydrogen-bond donors (Lipinski definition) is 1. The molecule has 1 aliphatic rings. The lowest BCUT2D eigenvalue weighted by atomic mass is 10.1. The molecule has 0 aliphatic heterocycles. The normalized spacial score (nSPS) is 16.1. The summed E-state index contributed by atoms with van der Waals surface area (Å²) in [5.74, 6) is 0.679. The number of hydrogen-bond acceptors (Lipinski definition) is 2. The lowest BCUT2D eigenvalue weighted by molar-refractivity contribution is 0.0936. The number of aromatic nitrogens is 2. The highest BCUT2D eigenvalue weighted by molar-refractivity contribution is 5.94. The maximum atomic E-state index is 12.1. The van der Waals surface area contributed by atoms with Crippen molar-refractivity contribution in [3.05, 3.63) is 48.3 Å². The van der Waals surface area contributed by atoms with E-state index >= 15 is 0 Å². The van der Waals surface area contributed by atoms with E-state index in [1.165, 1.54) is 12.8 Å². The Labute approximate surface area is 112 Å². The second kappa shape index (κ2) is 4.88. The third-order valence-corrected chi connectivity index (χ3v) is 3.59. The molecule has 4 nitrogen and oxygen atoms in total. The summed E-state index contributed by atoms with van der Waals surface area (Å²) in [7, 11) is 0. The van der Waals surface area contributed by atoms with Crippen LogP contribution in [0.3, 0.4) is 0 Å². The Morgan fingerprint density at radius 2 is 2.11 bits per heavy atom. The summed E-state index contributed by atoms with van der Waals surface area (Å²) in [6.45, 7) is 2.08. The zero-order chi connectivity index (χ0) is 13.2. The second-order valence-electron chi connectivity index (χ2n) is 5.10. The zero-order valence-electron chi connectivity index (χ0n) is 10.9. The van der Waals surface area contributed by atoms with Gasteiger partial charge in [-0.05, 0) is 56.0 Å². The Morgan fingerprint density at radius 1 is 1.37 bits per heavy atom. The molecule has 3 rings (SSSR count). The van der Waals surface area contributed by atoms with E-state index in [1.807, 2.05) is 36.5 Å². The minimum atomic E-state index is 0.00594. The van der Waals surface area contributed by atoms with E-state index in [4.69, 9.17) is 0 Å². The number of rotatable bonds is 4. The number of benzene rings is 1. The van der Waals surface area contributed by atoms with Crippen LogP contribution in [0.25, 0.3) is 5.69 Å². The molecule has 1 amide bonds. The van der Waals surface area contributed by atoms with Gasteiger partial charge in [-0.15, -0.1) is 0 Å². The fourth-order valence-electron chi connectivity index (χ4n) is 2.19. The Hall–Kier alpha value is -2.10. The van der Waals surface area contributed by atoms with Crippen molar-refractivity contribution in [3.8, 4) is 5.69 Å². The van der Waals surface area contributed by atoms with Crippen molar-refractivity contribution >= 4 is 5.91 Å². The van der Waals surface area contributed by atoms with Crippen LogP contribution in [0.4, 0.5) is 0 Å². The number of nitrogens with zero attached hydrogens (tertiary/aromatic N) is 2. The first kappa shape index (κ1) is 12.0. The monoisotopic (exact) mass is 255 g/mol. The average molecular weight is 255 g/mol. The Balaban J connectivity index is 1.69. The zero-order valence-corrected chi connectivity index (χ0v) is 10.9. The summed E-state index contributed by atoms with van der Waals surface area (Å²) in [6, 6.07) is 9.64. The van der Waals surface area contributed by atoms with Crippen molar-refractivity contribution in [1.29, 1.82) is 0 Å². The van der Waals surface area contributed by atoms with Crippen LogP contribution in [0.5, 0.6) is 0 Å². The van der Waals surface area contributed by atoms with Crippen LogP contribution in [0.1, 0.15) is 30.1 Å². The minimum absolute atomic E-state index is 0.00594. The van der Waals surface area contributed by atoms with Crippen LogP contribution in [-0.4, -0.2) is 21.7 Å². The van der Waals surface area contributed by atoms with E-state index in [1.54, 1.807) is 10.9 Å². The molecular formula is C15H17N3O. The molecule has 1 fully saturated rings. The fraction of sp³-hybridized carbons (Fsp3) is 0.333. The van der Waals surface area contributed by atoms with E-state index in [0.29, 0.717) is 11.5 Å². The summed E-state index contributed by atoms with van der Waals surface area (Å²) in [5.41, 5.74) is 1.65. The summed E-state index contributed by atoms with van der Waals surface area (Å²) in [5, 5.41) is 7.21. The topological polar surface area (TPSA) is 46.9 Å². The maximum absolute atomic E-state index is 12.1. The SMILES string of the molecule is C[C@@H](NC(=O)c1ccc(-n2cccn2)cc1)C1CC1. The molecule has 4 heteroatoms. The molecule has 0 radical (unpaired) electrons. The first-order chi connectivity index (χ1) is 9.24. The highest BCUT2D eigenvalue weighted by Gasteiger charge is 2.28. The van der Waals surface area contributed by atoms with E-state index in [9.17, 15) is 4.79 Å². The molecule has 0 bridgehead atoms. The fourth-order valence-corrected chi connectivity index (χ4v) is 2.19. The van der Waals surface area contributed by atoms with Gasteiger partial charge in [0.1, 0.15) is 0 Å². The van der Waals surface area contributed by atoms with E-state index in [0.717, 1.165) is 5.69 Å². The van der Waals surface area contributed by atoms with Gasteiger partial charge in [-0.2, -0.15) is 5.10 Å². The molecular weight excluding hydrogens is 238 g/mol. The molecule has 1 atom stereocenters. The molecule has 0 spiro atoms. The Morgan fingerprint density at radius 3 is 2.68 bits per heavy atom. The molecule has 0 unspecified atom stereocenters. The molecule has 1 saturated carbocycles. The second-order valence-corrected chi connectivity index (χ2v) is 5.10. The number of carbonyl (C=O) groups excluding carboxylic acids is 1. The van der Waals surface area contributed by atoms with Crippen molar-refractivity contribution in [2.45, 2.75) is 25.8 Å². The predicted molar refractivity (Wildman–Crippen MR) is 73.2 cm³/mol. The highest BCUT2D eigenvalue weighted by atomic mass is 16.1. The van der Waals surface area contributed by atoms with E-state index in [2.05, 4.69) is 17.3 Å². The van der Waals surface area contributed by atoms with Crippen molar-refractivity contribution in [1.82, 2.24) is 15.1 Å². The van der Waals surface area contributed by atoms with Crippen LogP contribution >= 0.6 is 0 Å². The van der Waals surface area contributed by atoms with Crippen LogP contribution in [-0.2, 0) is 0 Å². The maximum Gasteiger partial charge on any atom is 0.251 e. The van der Waals surface area contributed by atoms with E-state index < -0.39 is 0 Å². The minimum Gasteiger partial charge on any atom is -0.349 e. The van der Waals surface area contributed by atoms with Gasteiger partial charge in [-0.25, -0.2) is 4.68 Å². The standard InChI is InChI=1S/C15H17N3O/c1-11(12-3-4-12)17-15(19)13-5-7-14(8-6-13)18-10-2-9-16-18/h2,5-12H,3-4H2,1H3,(H,17,19)/t11-/m1/s1. The third-order valence-electron chi connectivity index (χ3n) is 3.59. The van der Waals surface area contributed by atoms with Gasteiger partial charge in [0.25, 0.3) is 5.91 Å². The smallest absolute Gasteiger partial charge is 0.251 e. The van der Waals surface area contributed by atoms with Crippen LogP contribution < -0.4 is 5.32 Å². The van der Waals surface area contributed by atoms with Gasteiger partial charge in [0.05, 0.1) is 5.69 Å². The predicted octanol–water partition coefficient (Wildman–Crippen LogP) is 2.40. The van der Waals surface area contributed by atoms with E-state index in [-0.39, 0.29) is 11.9 Å². The largest absolute Gasteiger partial charge is 0.349 e. The van der Waals surface area contributed by atoms with Crippen LogP contribution in [0.15, 0.2) is 42.7 Å². The average Bonchev–Trinajstić information content (AvgIpc) is 3.14. The summed E-state index contributed by atoms with van der Waals surface area (Å²) < 4.78 is 1.77. The molecule has 19 heavy (non-hydrogen) atoms. The highest BCUT2D eigenvalue weighted by Crippen LogP contribution is 2.32. The molecule has 1 aliphatic carbocycles. The Bertz CT molecular complexity index is 556. The summed E-state index contributed by atoms with van der Waals surface area (Å²) in [4.78, 5) is 12.1. The molecule has 98 valence electrons. The lowest BCUT2D eigenvalue weighted by Crippen LogP contribution is -2.33. The van der Waals surface area contributed by atoms with Gasteiger partial charge >= 0.3 is 0 Å². The van der Waals surface area contributed by atoms with Gasteiger partial charge in [0.2, 0.25) is 0 Å². The number of nitrogens with one attached hydrogen (secondary N) is 1. The van der Waals surface area contributed by atoms with Crippen LogP contribution in [0.2, 0.25) is 0 Å². The molecule has 1 aromatic heterocycles. The first-order valence-corrected chi connectivity index (χ1v) is 6.65. The van der Waals surface area contributed by atoms with Gasteiger partial charge in [0.15, 0.2) is 0 Å². The number of amides is 1. The first-order valence-electron chi connectivity index (χ1n) is 6.65. The van der Waals surface area contributed by atoms with Crippen LogP contribution in [0, 0.1) is 5.92 Å². The molecule has 1 heterocycles. The Kier molecular flexibility index (Phi) is 3.07. The molecule has 1 N–H and O–H groups in total. The summed E-state index contributed by atoms with van der Waals surface area (Å²) >= 11 is 0. The molecule has 1 aromatic carbocycles. The number of carbonyl (C=O) groups is 1. The molecule has 0 saturated heterocycles.